The van der Waals surface area contributed by atoms with Gasteiger partial charge in [0.25, 0.3) is 0 Å². The first-order chi connectivity index (χ1) is 13.5. The zero-order valence-electron chi connectivity index (χ0n) is 16.2. The van der Waals surface area contributed by atoms with Crippen LogP contribution in [0.2, 0.25) is 0 Å². The molecule has 1 atom stereocenters. The maximum atomic E-state index is 12.3. The number of benzene rings is 1. The zero-order chi connectivity index (χ0) is 20.1. The van der Waals surface area contributed by atoms with E-state index in [2.05, 4.69) is 20.7 Å². The van der Waals surface area contributed by atoms with Crippen LogP contribution in [0.4, 0.5) is 10.6 Å². The second-order valence-corrected chi connectivity index (χ2v) is 6.60. The number of rotatable bonds is 6. The Kier molecular flexibility index (Phi) is 5.88. The lowest BCUT2D eigenvalue weighted by molar-refractivity contribution is 0.251. The van der Waals surface area contributed by atoms with Crippen molar-refractivity contribution in [3.8, 4) is 0 Å². The van der Waals surface area contributed by atoms with E-state index < -0.39 is 0 Å². The Hall–Kier alpha value is -3.42. The highest BCUT2D eigenvalue weighted by molar-refractivity contribution is 5.88. The summed E-state index contributed by atoms with van der Waals surface area (Å²) in [5.41, 5.74) is 2.28. The van der Waals surface area contributed by atoms with Gasteiger partial charge in [-0.05, 0) is 32.4 Å². The quantitative estimate of drug-likeness (QED) is 0.687. The molecule has 0 fully saturated rings. The van der Waals surface area contributed by atoms with Gasteiger partial charge in [0.1, 0.15) is 5.82 Å². The van der Waals surface area contributed by atoms with Crippen LogP contribution in [0.1, 0.15) is 29.9 Å². The van der Waals surface area contributed by atoms with Crippen molar-refractivity contribution >= 4 is 11.8 Å². The second kappa shape index (κ2) is 8.51. The van der Waals surface area contributed by atoms with Crippen molar-refractivity contribution in [1.82, 2.24) is 24.6 Å². The molecule has 28 heavy (non-hydrogen) atoms. The molecule has 0 saturated heterocycles. The van der Waals surface area contributed by atoms with E-state index in [0.29, 0.717) is 24.6 Å². The first-order valence-corrected chi connectivity index (χ1v) is 9.14. The highest BCUT2D eigenvalue weighted by atomic mass is 16.2. The van der Waals surface area contributed by atoms with Crippen molar-refractivity contribution in [3.63, 3.8) is 0 Å². The summed E-state index contributed by atoms with van der Waals surface area (Å²) >= 11 is 0. The molecule has 0 aliphatic heterocycles. The molecule has 0 spiro atoms. The molecule has 146 valence electrons. The van der Waals surface area contributed by atoms with E-state index in [1.807, 2.05) is 50.2 Å². The summed E-state index contributed by atoms with van der Waals surface area (Å²) in [6, 6.07) is 13.2. The van der Waals surface area contributed by atoms with E-state index in [0.717, 1.165) is 11.3 Å². The van der Waals surface area contributed by atoms with E-state index in [1.165, 1.54) is 4.57 Å². The average Bonchev–Trinajstić information content (AvgIpc) is 3.12. The number of hydrogen-bond donors (Lipinski definition) is 2. The molecule has 0 aliphatic carbocycles. The number of aromatic nitrogens is 4. The molecule has 0 unspecified atom stereocenters. The van der Waals surface area contributed by atoms with E-state index in [1.54, 1.807) is 23.9 Å². The topological polar surface area (TPSA) is 93.8 Å². The standard InChI is InChI=1S/C20H24N6O2/c1-14-13-15(2)25(20(28)23-14)12-11-21-19(27)24-18-9-10-22-26(18)16(3)17-7-5-4-6-8-17/h4-10,13,16H,11-12H2,1-3H3,(H2,21,24,27)/t16-/m0/s1. The smallest absolute Gasteiger partial charge is 0.336 e. The Balaban J connectivity index is 1.59. The predicted octanol–water partition coefficient (Wildman–Crippen LogP) is 2.49. The highest BCUT2D eigenvalue weighted by Gasteiger charge is 2.14. The Morgan fingerprint density at radius 3 is 2.64 bits per heavy atom. The number of urea groups is 1. The van der Waals surface area contributed by atoms with Crippen molar-refractivity contribution in [1.29, 1.82) is 0 Å². The predicted molar refractivity (Wildman–Crippen MR) is 107 cm³/mol. The van der Waals surface area contributed by atoms with E-state index >= 15 is 0 Å². The lowest BCUT2D eigenvalue weighted by Crippen LogP contribution is -2.35. The molecule has 0 saturated carbocycles. The van der Waals surface area contributed by atoms with Crippen LogP contribution in [-0.2, 0) is 6.54 Å². The summed E-state index contributed by atoms with van der Waals surface area (Å²) in [6.07, 6.45) is 1.65. The third kappa shape index (κ3) is 4.46. The van der Waals surface area contributed by atoms with Gasteiger partial charge in [-0.25, -0.2) is 14.3 Å². The molecular formula is C20H24N6O2. The molecule has 1 aromatic carbocycles. The van der Waals surface area contributed by atoms with Gasteiger partial charge in [-0.2, -0.15) is 10.1 Å². The summed E-state index contributed by atoms with van der Waals surface area (Å²) in [6.45, 7) is 6.31. The second-order valence-electron chi connectivity index (χ2n) is 6.60. The minimum absolute atomic E-state index is 0.0219. The molecule has 2 aromatic heterocycles. The van der Waals surface area contributed by atoms with Gasteiger partial charge in [-0.1, -0.05) is 30.3 Å². The number of anilines is 1. The number of carbonyl (C=O) groups is 1. The van der Waals surface area contributed by atoms with E-state index in [4.69, 9.17) is 0 Å². The summed E-state index contributed by atoms with van der Waals surface area (Å²) in [7, 11) is 0. The Morgan fingerprint density at radius 2 is 1.93 bits per heavy atom. The molecule has 0 aliphatic rings. The molecule has 2 heterocycles. The molecule has 8 nitrogen and oxygen atoms in total. The van der Waals surface area contributed by atoms with Crippen LogP contribution >= 0.6 is 0 Å². The molecule has 8 heteroatoms. The largest absolute Gasteiger partial charge is 0.348 e. The third-order valence-electron chi connectivity index (χ3n) is 4.53. The van der Waals surface area contributed by atoms with Crippen molar-refractivity contribution in [2.24, 2.45) is 0 Å². The lowest BCUT2D eigenvalue weighted by atomic mass is 10.1. The Morgan fingerprint density at radius 1 is 1.18 bits per heavy atom. The van der Waals surface area contributed by atoms with Crippen molar-refractivity contribution in [2.45, 2.75) is 33.4 Å². The first-order valence-electron chi connectivity index (χ1n) is 9.14. The molecule has 3 aromatic rings. The Labute approximate surface area is 163 Å². The zero-order valence-corrected chi connectivity index (χ0v) is 16.2. The first kappa shape index (κ1) is 19.3. The highest BCUT2D eigenvalue weighted by Crippen LogP contribution is 2.21. The number of aryl methyl sites for hydroxylation is 2. The summed E-state index contributed by atoms with van der Waals surface area (Å²) in [5.74, 6) is 0.596. The van der Waals surface area contributed by atoms with E-state index in [9.17, 15) is 9.59 Å². The monoisotopic (exact) mass is 380 g/mol. The number of nitrogens with one attached hydrogen (secondary N) is 2. The fraction of sp³-hybridized carbons (Fsp3) is 0.300. The van der Waals surface area contributed by atoms with Crippen LogP contribution in [-0.4, -0.2) is 31.9 Å². The van der Waals surface area contributed by atoms with Crippen LogP contribution in [0.3, 0.4) is 0 Å². The van der Waals surface area contributed by atoms with Gasteiger partial charge < -0.3 is 5.32 Å². The van der Waals surface area contributed by atoms with Gasteiger partial charge >= 0.3 is 11.7 Å². The average molecular weight is 380 g/mol. The van der Waals surface area contributed by atoms with Gasteiger partial charge in [-0.15, -0.1) is 0 Å². The third-order valence-corrected chi connectivity index (χ3v) is 4.53. The van der Waals surface area contributed by atoms with Crippen molar-refractivity contribution < 1.29 is 4.79 Å². The maximum Gasteiger partial charge on any atom is 0.348 e. The number of nitrogens with zero attached hydrogens (tertiary/aromatic N) is 4. The van der Waals surface area contributed by atoms with E-state index in [-0.39, 0.29) is 17.8 Å². The van der Waals surface area contributed by atoms with Gasteiger partial charge in [0.2, 0.25) is 0 Å². The molecule has 2 amide bonds. The normalized spacial score (nSPS) is 11.8. The molecule has 3 rings (SSSR count). The van der Waals surface area contributed by atoms with Crippen LogP contribution < -0.4 is 16.3 Å². The van der Waals surface area contributed by atoms with Crippen LogP contribution in [0.15, 0.2) is 53.5 Å². The molecule has 2 N–H and O–H groups in total. The van der Waals surface area contributed by atoms with Crippen LogP contribution in [0, 0.1) is 13.8 Å². The minimum Gasteiger partial charge on any atom is -0.336 e. The number of hydrogen-bond acceptors (Lipinski definition) is 4. The maximum absolute atomic E-state index is 12.3. The Bertz CT molecular complexity index is 1010. The van der Waals surface area contributed by atoms with Gasteiger partial charge in [0, 0.05) is 30.5 Å². The van der Waals surface area contributed by atoms with Gasteiger partial charge in [0.15, 0.2) is 0 Å². The van der Waals surface area contributed by atoms with Gasteiger partial charge in [-0.3, -0.25) is 9.88 Å². The molecule has 0 bridgehead atoms. The number of amides is 2. The van der Waals surface area contributed by atoms with Crippen molar-refractivity contribution in [2.75, 3.05) is 11.9 Å². The SMILES string of the molecule is Cc1cc(C)n(CCNC(=O)Nc2ccnn2[C@@H](C)c2ccccc2)c(=O)n1. The summed E-state index contributed by atoms with van der Waals surface area (Å²) in [4.78, 5) is 28.1. The molecular weight excluding hydrogens is 356 g/mol. The minimum atomic E-state index is -0.354. The van der Waals surface area contributed by atoms with Crippen molar-refractivity contribution in [3.05, 3.63) is 76.1 Å². The summed E-state index contributed by atoms with van der Waals surface area (Å²) < 4.78 is 3.29. The summed E-state index contributed by atoms with van der Waals surface area (Å²) in [5, 5.41) is 9.90. The van der Waals surface area contributed by atoms with Crippen LogP contribution in [0.25, 0.3) is 0 Å². The molecule has 0 radical (unpaired) electrons. The van der Waals surface area contributed by atoms with Gasteiger partial charge in [0.05, 0.1) is 12.2 Å². The fourth-order valence-electron chi connectivity index (χ4n) is 3.08. The number of carbonyl (C=O) groups excluding carboxylic acids is 1. The fourth-order valence-corrected chi connectivity index (χ4v) is 3.08. The van der Waals surface area contributed by atoms with Crippen LogP contribution in [0.5, 0.6) is 0 Å². The lowest BCUT2D eigenvalue weighted by Gasteiger charge is -2.17.